The van der Waals surface area contributed by atoms with Crippen molar-refractivity contribution in [3.8, 4) is 5.75 Å². The van der Waals surface area contributed by atoms with Gasteiger partial charge in [-0.3, -0.25) is 9.48 Å². The number of nitrogens with zero attached hydrogens (tertiary/aromatic N) is 4. The lowest BCUT2D eigenvalue weighted by Gasteiger charge is -2.25. The molecule has 0 saturated carbocycles. The summed E-state index contributed by atoms with van der Waals surface area (Å²) in [4.78, 5) is 25.8. The van der Waals surface area contributed by atoms with Gasteiger partial charge in [0.15, 0.2) is 0 Å². The van der Waals surface area contributed by atoms with E-state index in [0.717, 1.165) is 37.5 Å². The molecule has 1 aliphatic rings. The molecule has 1 amide bonds. The number of aromatic nitrogens is 2. The van der Waals surface area contributed by atoms with Gasteiger partial charge in [0.05, 0.1) is 25.3 Å². The van der Waals surface area contributed by atoms with E-state index in [4.69, 9.17) is 14.6 Å². The van der Waals surface area contributed by atoms with E-state index >= 15 is 0 Å². The number of aliphatic carboxylic acids is 1. The van der Waals surface area contributed by atoms with E-state index in [1.807, 2.05) is 52.2 Å². The number of ether oxygens (including phenoxy) is 1. The second-order valence-electron chi connectivity index (χ2n) is 7.95. The molecule has 2 heterocycles. The highest BCUT2D eigenvalue weighted by Gasteiger charge is 2.38. The molecule has 0 bridgehead atoms. The summed E-state index contributed by atoms with van der Waals surface area (Å²) in [5.41, 5.74) is 1.11. The second kappa shape index (κ2) is 12.2. The number of halogens is 3. The Morgan fingerprint density at radius 2 is 1.85 bits per heavy atom. The molecule has 1 atom stereocenters. The fourth-order valence-electron chi connectivity index (χ4n) is 3.28. The molecule has 1 aliphatic heterocycles. The van der Waals surface area contributed by atoms with Crippen LogP contribution in [0, 0.1) is 5.92 Å². The van der Waals surface area contributed by atoms with Crippen LogP contribution in [0.1, 0.15) is 18.5 Å². The summed E-state index contributed by atoms with van der Waals surface area (Å²) in [5.74, 6) is -1.39. The third-order valence-corrected chi connectivity index (χ3v) is 4.97. The SMILES string of the molecule is CN(C)CCC1CN(C(=O)CCOc2ccccc2)Cc2ccnn2C1.O=C(O)C(F)(F)F. The minimum absolute atomic E-state index is 0.144. The van der Waals surface area contributed by atoms with E-state index in [2.05, 4.69) is 24.1 Å². The Morgan fingerprint density at radius 3 is 2.45 bits per heavy atom. The monoisotopic (exact) mass is 470 g/mol. The van der Waals surface area contributed by atoms with Gasteiger partial charge in [0, 0.05) is 19.3 Å². The first-order chi connectivity index (χ1) is 15.6. The van der Waals surface area contributed by atoms with Gasteiger partial charge in [-0.05, 0) is 51.2 Å². The Hall–Kier alpha value is -3.08. The zero-order chi connectivity index (χ0) is 24.4. The maximum Gasteiger partial charge on any atom is 0.490 e. The van der Waals surface area contributed by atoms with Gasteiger partial charge in [-0.25, -0.2) is 4.79 Å². The van der Waals surface area contributed by atoms with E-state index < -0.39 is 12.1 Å². The predicted molar refractivity (Wildman–Crippen MR) is 115 cm³/mol. The number of hydrogen-bond acceptors (Lipinski definition) is 5. The van der Waals surface area contributed by atoms with Crippen LogP contribution in [0.15, 0.2) is 42.6 Å². The lowest BCUT2D eigenvalue weighted by atomic mass is 10.0. The van der Waals surface area contributed by atoms with Crippen LogP contribution in [0.2, 0.25) is 0 Å². The quantitative estimate of drug-likeness (QED) is 0.670. The molecule has 1 unspecified atom stereocenters. The third-order valence-electron chi connectivity index (χ3n) is 4.97. The molecule has 0 radical (unpaired) electrons. The van der Waals surface area contributed by atoms with Gasteiger partial charge in [-0.1, -0.05) is 18.2 Å². The van der Waals surface area contributed by atoms with Crippen molar-refractivity contribution in [3.63, 3.8) is 0 Å². The Balaban J connectivity index is 0.000000479. The van der Waals surface area contributed by atoms with Gasteiger partial charge in [-0.2, -0.15) is 18.3 Å². The summed E-state index contributed by atoms with van der Waals surface area (Å²) >= 11 is 0. The molecule has 11 heteroatoms. The third kappa shape index (κ3) is 9.13. The molecule has 0 saturated heterocycles. The van der Waals surface area contributed by atoms with Crippen molar-refractivity contribution in [2.45, 2.75) is 32.1 Å². The van der Waals surface area contributed by atoms with E-state index in [-0.39, 0.29) is 5.91 Å². The molecule has 0 aliphatic carbocycles. The Kier molecular flexibility index (Phi) is 9.71. The molecule has 8 nitrogen and oxygen atoms in total. The highest BCUT2D eigenvalue weighted by Crippen LogP contribution is 2.19. The lowest BCUT2D eigenvalue weighted by molar-refractivity contribution is -0.192. The number of rotatable bonds is 7. The number of carboxylic acid groups (broad SMARTS) is 1. The highest BCUT2D eigenvalue weighted by atomic mass is 19.4. The van der Waals surface area contributed by atoms with Gasteiger partial charge < -0.3 is 19.6 Å². The molecule has 33 heavy (non-hydrogen) atoms. The van der Waals surface area contributed by atoms with Crippen molar-refractivity contribution in [1.82, 2.24) is 19.6 Å². The fraction of sp³-hybridized carbons (Fsp3) is 0.500. The first-order valence-corrected chi connectivity index (χ1v) is 10.5. The molecule has 2 aromatic rings. The molecule has 1 N–H and O–H groups in total. The Bertz CT molecular complexity index is 887. The smallest absolute Gasteiger partial charge is 0.490 e. The topological polar surface area (TPSA) is 87.9 Å². The number of benzene rings is 1. The van der Waals surface area contributed by atoms with Crippen molar-refractivity contribution in [2.24, 2.45) is 5.92 Å². The van der Waals surface area contributed by atoms with Crippen LogP contribution in [-0.2, 0) is 22.7 Å². The van der Waals surface area contributed by atoms with Crippen LogP contribution in [-0.4, -0.2) is 76.5 Å². The summed E-state index contributed by atoms with van der Waals surface area (Å²) in [7, 11) is 4.17. The number of fused-ring (bicyclic) bond motifs is 1. The van der Waals surface area contributed by atoms with E-state index in [9.17, 15) is 18.0 Å². The molecule has 182 valence electrons. The van der Waals surface area contributed by atoms with Crippen molar-refractivity contribution in [3.05, 3.63) is 48.3 Å². The Morgan fingerprint density at radius 1 is 1.18 bits per heavy atom. The standard InChI is InChI=1S/C20H28N4O2.C2HF3O2/c1-22(2)12-9-17-14-23(16-18-8-11-21-24(18)15-17)20(25)10-13-26-19-6-4-3-5-7-19;3-2(4,5)1(6)7/h3-8,11,17H,9-10,12-16H2,1-2H3;(H,6,7). The lowest BCUT2D eigenvalue weighted by Crippen LogP contribution is -2.35. The van der Waals surface area contributed by atoms with E-state index in [0.29, 0.717) is 25.5 Å². The number of carboxylic acids is 1. The maximum absolute atomic E-state index is 12.8. The average Bonchev–Trinajstić information content (AvgIpc) is 3.10. The average molecular weight is 470 g/mol. The fourth-order valence-corrected chi connectivity index (χ4v) is 3.28. The summed E-state index contributed by atoms with van der Waals surface area (Å²) in [5, 5.41) is 11.6. The van der Waals surface area contributed by atoms with Crippen molar-refractivity contribution < 1.29 is 32.6 Å². The first-order valence-electron chi connectivity index (χ1n) is 10.5. The molecular weight excluding hydrogens is 441 g/mol. The summed E-state index contributed by atoms with van der Waals surface area (Å²) in [6, 6.07) is 11.6. The molecule has 0 spiro atoms. The number of carbonyl (C=O) groups excluding carboxylic acids is 1. The van der Waals surface area contributed by atoms with Crippen LogP contribution in [0.3, 0.4) is 0 Å². The van der Waals surface area contributed by atoms with Crippen LogP contribution >= 0.6 is 0 Å². The summed E-state index contributed by atoms with van der Waals surface area (Å²) < 4.78 is 39.5. The van der Waals surface area contributed by atoms with Crippen LogP contribution in [0.25, 0.3) is 0 Å². The second-order valence-corrected chi connectivity index (χ2v) is 7.95. The van der Waals surface area contributed by atoms with Crippen molar-refractivity contribution >= 4 is 11.9 Å². The van der Waals surface area contributed by atoms with Gasteiger partial charge in [-0.15, -0.1) is 0 Å². The number of hydrogen-bond donors (Lipinski definition) is 1. The van der Waals surface area contributed by atoms with E-state index in [1.165, 1.54) is 0 Å². The zero-order valence-corrected chi connectivity index (χ0v) is 18.7. The zero-order valence-electron chi connectivity index (χ0n) is 18.7. The molecule has 3 rings (SSSR count). The largest absolute Gasteiger partial charge is 0.493 e. The van der Waals surface area contributed by atoms with Gasteiger partial charge in [0.25, 0.3) is 0 Å². The van der Waals surface area contributed by atoms with Gasteiger partial charge >= 0.3 is 12.1 Å². The molecule has 1 aromatic carbocycles. The highest BCUT2D eigenvalue weighted by molar-refractivity contribution is 5.76. The summed E-state index contributed by atoms with van der Waals surface area (Å²) in [6.45, 7) is 3.70. The van der Waals surface area contributed by atoms with Gasteiger partial charge in [0.2, 0.25) is 5.91 Å². The van der Waals surface area contributed by atoms with Crippen molar-refractivity contribution in [2.75, 3.05) is 33.8 Å². The van der Waals surface area contributed by atoms with E-state index in [1.54, 1.807) is 0 Å². The van der Waals surface area contributed by atoms with Crippen molar-refractivity contribution in [1.29, 1.82) is 0 Å². The van der Waals surface area contributed by atoms with Crippen LogP contribution in [0.5, 0.6) is 5.75 Å². The molecule has 0 fully saturated rings. The number of amides is 1. The first kappa shape index (κ1) is 26.2. The minimum Gasteiger partial charge on any atom is -0.493 e. The van der Waals surface area contributed by atoms with Crippen LogP contribution in [0.4, 0.5) is 13.2 Å². The Labute approximate surface area is 190 Å². The number of alkyl halides is 3. The van der Waals surface area contributed by atoms with Crippen LogP contribution < -0.4 is 4.74 Å². The predicted octanol–water partition coefficient (Wildman–Crippen LogP) is 2.90. The molecular formula is C22H29F3N4O4. The molecule has 1 aromatic heterocycles. The minimum atomic E-state index is -5.08. The number of carbonyl (C=O) groups is 2. The normalized spacial score (nSPS) is 15.8. The summed E-state index contributed by atoms with van der Waals surface area (Å²) in [6.07, 6.45) is -1.81. The maximum atomic E-state index is 12.8. The number of para-hydroxylation sites is 1. The van der Waals surface area contributed by atoms with Gasteiger partial charge in [0.1, 0.15) is 5.75 Å².